The number of fused-ring (bicyclic) bond motifs is 1. The van der Waals surface area contributed by atoms with Crippen LogP contribution in [-0.4, -0.2) is 15.9 Å². The lowest BCUT2D eigenvalue weighted by Crippen LogP contribution is -2.14. The van der Waals surface area contributed by atoms with Gasteiger partial charge in [-0.2, -0.15) is 4.39 Å². The van der Waals surface area contributed by atoms with Crippen LogP contribution in [0.4, 0.5) is 10.1 Å². The number of hydrogen-bond acceptors (Lipinski definition) is 3. The van der Waals surface area contributed by atoms with E-state index in [1.54, 1.807) is 18.5 Å². The topological polar surface area (TPSA) is 54.9 Å². The molecule has 0 saturated carbocycles. The van der Waals surface area contributed by atoms with Crippen molar-refractivity contribution in [3.05, 3.63) is 66.5 Å². The number of aromatic nitrogens is 2. The lowest BCUT2D eigenvalue weighted by Gasteiger charge is -2.08. The van der Waals surface area contributed by atoms with Gasteiger partial charge in [-0.05, 0) is 24.3 Å². The minimum absolute atomic E-state index is 0.0380. The van der Waals surface area contributed by atoms with Crippen LogP contribution in [0.3, 0.4) is 0 Å². The maximum Gasteiger partial charge on any atom is 0.274 e. The second-order valence-corrected chi connectivity index (χ2v) is 4.20. The highest BCUT2D eigenvalue weighted by Gasteiger charge is 2.10. The molecule has 0 aliphatic rings. The highest BCUT2D eigenvalue weighted by atomic mass is 19.1. The summed E-state index contributed by atoms with van der Waals surface area (Å²) in [5.41, 5.74) is 0.678. The van der Waals surface area contributed by atoms with Crippen molar-refractivity contribution in [3.63, 3.8) is 0 Å². The second kappa shape index (κ2) is 5.05. The van der Waals surface area contributed by atoms with Gasteiger partial charge in [0.2, 0.25) is 5.95 Å². The fraction of sp³-hybridized carbons (Fsp3) is 0. The normalized spacial score (nSPS) is 10.4. The predicted octanol–water partition coefficient (Wildman–Crippen LogP) is 3.02. The Labute approximate surface area is 114 Å². The molecule has 0 bridgehead atoms. The van der Waals surface area contributed by atoms with Crippen molar-refractivity contribution >= 4 is 22.4 Å². The van der Waals surface area contributed by atoms with Gasteiger partial charge in [-0.1, -0.05) is 18.2 Å². The van der Waals surface area contributed by atoms with Crippen molar-refractivity contribution in [1.29, 1.82) is 0 Å². The summed E-state index contributed by atoms with van der Waals surface area (Å²) in [6.07, 6.45) is 3.36. The van der Waals surface area contributed by atoms with E-state index in [1.807, 2.05) is 18.2 Å². The SMILES string of the molecule is O=C(Nc1cccc2cnccc12)c1cccc(F)n1. The van der Waals surface area contributed by atoms with Gasteiger partial charge in [-0.25, -0.2) is 4.98 Å². The van der Waals surface area contributed by atoms with Crippen LogP contribution >= 0.6 is 0 Å². The molecule has 0 spiro atoms. The van der Waals surface area contributed by atoms with Gasteiger partial charge >= 0.3 is 0 Å². The molecule has 1 N–H and O–H groups in total. The summed E-state index contributed by atoms with van der Waals surface area (Å²) in [5, 5.41) is 4.51. The number of pyridine rings is 2. The standard InChI is InChI=1S/C15H10FN3O/c16-14-6-2-5-13(18-14)15(20)19-12-4-1-3-10-9-17-8-7-11(10)12/h1-9H,(H,19,20). The minimum Gasteiger partial charge on any atom is -0.320 e. The third kappa shape index (κ3) is 2.33. The van der Waals surface area contributed by atoms with Gasteiger partial charge in [0.25, 0.3) is 5.91 Å². The molecule has 0 radical (unpaired) electrons. The monoisotopic (exact) mass is 267 g/mol. The average molecular weight is 267 g/mol. The van der Waals surface area contributed by atoms with E-state index in [9.17, 15) is 9.18 Å². The molecule has 1 aromatic carbocycles. The fourth-order valence-corrected chi connectivity index (χ4v) is 1.95. The number of anilines is 1. The van der Waals surface area contributed by atoms with E-state index in [2.05, 4.69) is 15.3 Å². The zero-order chi connectivity index (χ0) is 13.9. The third-order valence-electron chi connectivity index (χ3n) is 2.88. The Morgan fingerprint density at radius 3 is 2.80 bits per heavy atom. The van der Waals surface area contributed by atoms with Crippen LogP contribution in [0.2, 0.25) is 0 Å². The van der Waals surface area contributed by atoms with E-state index in [0.29, 0.717) is 5.69 Å². The Morgan fingerprint density at radius 2 is 1.95 bits per heavy atom. The lowest BCUT2D eigenvalue weighted by molar-refractivity contribution is 0.102. The summed E-state index contributed by atoms with van der Waals surface area (Å²) in [6.45, 7) is 0. The summed E-state index contributed by atoms with van der Waals surface area (Å²) >= 11 is 0. The van der Waals surface area contributed by atoms with Crippen molar-refractivity contribution < 1.29 is 9.18 Å². The number of carbonyl (C=O) groups is 1. The summed E-state index contributed by atoms with van der Waals surface area (Å²) in [4.78, 5) is 19.6. The van der Waals surface area contributed by atoms with E-state index in [4.69, 9.17) is 0 Å². The van der Waals surface area contributed by atoms with E-state index in [1.165, 1.54) is 18.2 Å². The van der Waals surface area contributed by atoms with Crippen LogP contribution in [0.5, 0.6) is 0 Å². The molecule has 0 atom stereocenters. The van der Waals surface area contributed by atoms with Gasteiger partial charge in [0.15, 0.2) is 0 Å². The van der Waals surface area contributed by atoms with Crippen LogP contribution in [0, 0.1) is 5.95 Å². The lowest BCUT2D eigenvalue weighted by atomic mass is 10.1. The summed E-state index contributed by atoms with van der Waals surface area (Å²) in [7, 11) is 0. The molecule has 20 heavy (non-hydrogen) atoms. The van der Waals surface area contributed by atoms with E-state index in [0.717, 1.165) is 10.8 Å². The Hall–Kier alpha value is -2.82. The van der Waals surface area contributed by atoms with Gasteiger partial charge < -0.3 is 5.32 Å². The van der Waals surface area contributed by atoms with Crippen LogP contribution < -0.4 is 5.32 Å². The number of carbonyl (C=O) groups excluding carboxylic acids is 1. The zero-order valence-corrected chi connectivity index (χ0v) is 10.4. The third-order valence-corrected chi connectivity index (χ3v) is 2.88. The number of benzene rings is 1. The van der Waals surface area contributed by atoms with E-state index in [-0.39, 0.29) is 5.69 Å². The maximum atomic E-state index is 13.0. The molecular formula is C15H10FN3O. The quantitative estimate of drug-likeness (QED) is 0.726. The number of hydrogen-bond donors (Lipinski definition) is 1. The maximum absolute atomic E-state index is 13.0. The average Bonchev–Trinajstić information content (AvgIpc) is 2.47. The highest BCUT2D eigenvalue weighted by molar-refractivity contribution is 6.08. The van der Waals surface area contributed by atoms with Crippen molar-refractivity contribution in [2.75, 3.05) is 5.32 Å². The molecule has 0 fully saturated rings. The molecule has 5 heteroatoms. The van der Waals surface area contributed by atoms with Crippen molar-refractivity contribution in [2.45, 2.75) is 0 Å². The predicted molar refractivity (Wildman–Crippen MR) is 73.9 cm³/mol. The molecule has 0 unspecified atom stereocenters. The molecule has 0 aliphatic carbocycles. The summed E-state index contributed by atoms with van der Waals surface area (Å²) in [6, 6.07) is 11.4. The summed E-state index contributed by atoms with van der Waals surface area (Å²) < 4.78 is 13.0. The number of amides is 1. The molecule has 0 aliphatic heterocycles. The van der Waals surface area contributed by atoms with E-state index < -0.39 is 11.9 Å². The molecular weight excluding hydrogens is 257 g/mol. The van der Waals surface area contributed by atoms with Crippen molar-refractivity contribution in [3.8, 4) is 0 Å². The van der Waals surface area contributed by atoms with Crippen LogP contribution in [0.25, 0.3) is 10.8 Å². The largest absolute Gasteiger partial charge is 0.320 e. The molecule has 98 valence electrons. The number of rotatable bonds is 2. The Morgan fingerprint density at radius 1 is 1.10 bits per heavy atom. The number of nitrogens with one attached hydrogen (secondary N) is 1. The van der Waals surface area contributed by atoms with Gasteiger partial charge in [0, 0.05) is 28.9 Å². The Balaban J connectivity index is 1.95. The van der Waals surface area contributed by atoms with Crippen LogP contribution in [0.1, 0.15) is 10.5 Å². The first kappa shape index (κ1) is 12.2. The fourth-order valence-electron chi connectivity index (χ4n) is 1.95. The van der Waals surface area contributed by atoms with Crippen molar-refractivity contribution in [1.82, 2.24) is 9.97 Å². The van der Waals surface area contributed by atoms with Gasteiger partial charge in [0.1, 0.15) is 5.69 Å². The smallest absolute Gasteiger partial charge is 0.274 e. The molecule has 2 heterocycles. The molecule has 4 nitrogen and oxygen atoms in total. The van der Waals surface area contributed by atoms with Gasteiger partial charge in [-0.3, -0.25) is 9.78 Å². The highest BCUT2D eigenvalue weighted by Crippen LogP contribution is 2.22. The minimum atomic E-state index is -0.681. The number of nitrogens with zero attached hydrogens (tertiary/aromatic N) is 2. The molecule has 2 aromatic heterocycles. The zero-order valence-electron chi connectivity index (χ0n) is 10.4. The van der Waals surface area contributed by atoms with Crippen LogP contribution in [-0.2, 0) is 0 Å². The van der Waals surface area contributed by atoms with Crippen LogP contribution in [0.15, 0.2) is 54.9 Å². The number of halogens is 1. The van der Waals surface area contributed by atoms with Gasteiger partial charge in [-0.15, -0.1) is 0 Å². The molecule has 1 amide bonds. The van der Waals surface area contributed by atoms with Crippen molar-refractivity contribution in [2.24, 2.45) is 0 Å². The first-order valence-electron chi connectivity index (χ1n) is 6.01. The second-order valence-electron chi connectivity index (χ2n) is 4.20. The molecule has 3 aromatic rings. The molecule has 0 saturated heterocycles. The Kier molecular flexibility index (Phi) is 3.09. The van der Waals surface area contributed by atoms with Gasteiger partial charge in [0.05, 0.1) is 0 Å². The van der Waals surface area contributed by atoms with E-state index >= 15 is 0 Å². The summed E-state index contributed by atoms with van der Waals surface area (Å²) in [5.74, 6) is -1.13. The molecule has 3 rings (SSSR count). The first-order chi connectivity index (χ1) is 9.74. The Bertz CT molecular complexity index is 783. The first-order valence-corrected chi connectivity index (χ1v) is 6.01.